The average molecular weight is 363 g/mol. The van der Waals surface area contributed by atoms with Gasteiger partial charge in [-0.15, -0.1) is 0 Å². The molecule has 0 spiro atoms. The summed E-state index contributed by atoms with van der Waals surface area (Å²) in [6, 6.07) is 12.8. The first-order chi connectivity index (χ1) is 12.2. The van der Waals surface area contributed by atoms with E-state index in [1.807, 2.05) is 25.7 Å². The Hall–Kier alpha value is -1.82. The van der Waals surface area contributed by atoms with Gasteiger partial charge >= 0.3 is 0 Å². The highest BCUT2D eigenvalue weighted by Gasteiger charge is 2.18. The molecule has 0 aliphatic rings. The Balaban J connectivity index is 2.07. The molecule has 2 aromatic rings. The molecule has 0 amide bonds. The van der Waals surface area contributed by atoms with Crippen LogP contribution in [-0.2, 0) is 17.8 Å². The minimum atomic E-state index is -0.707. The Labute approximate surface area is 154 Å². The van der Waals surface area contributed by atoms with E-state index < -0.39 is 6.10 Å². The number of aliphatic hydroxyl groups is 1. The predicted octanol–water partition coefficient (Wildman–Crippen LogP) is 4.14. The summed E-state index contributed by atoms with van der Waals surface area (Å²) in [6.07, 6.45) is -0.707. The number of halogens is 2. The van der Waals surface area contributed by atoms with Crippen LogP contribution in [-0.4, -0.2) is 34.9 Å². The van der Waals surface area contributed by atoms with Gasteiger partial charge in [0, 0.05) is 25.2 Å². The van der Waals surface area contributed by atoms with Gasteiger partial charge in [-0.05, 0) is 44.5 Å². The van der Waals surface area contributed by atoms with Crippen molar-refractivity contribution < 1.29 is 18.6 Å². The summed E-state index contributed by atoms with van der Waals surface area (Å²) in [5, 5.41) is 10.3. The normalized spacial score (nSPS) is 13.2. The second kappa shape index (κ2) is 9.21. The lowest BCUT2D eigenvalue weighted by atomic mass is 10.1. The molecule has 2 rings (SSSR count). The van der Waals surface area contributed by atoms with E-state index >= 15 is 0 Å². The van der Waals surface area contributed by atoms with E-state index in [0.29, 0.717) is 25.2 Å². The van der Waals surface area contributed by atoms with Crippen LogP contribution in [0.5, 0.6) is 0 Å². The lowest BCUT2D eigenvalue weighted by Crippen LogP contribution is -2.36. The minimum absolute atomic E-state index is 0.195. The third-order valence-electron chi connectivity index (χ3n) is 3.85. The topological polar surface area (TPSA) is 32.7 Å². The van der Waals surface area contributed by atoms with Crippen molar-refractivity contribution in [3.63, 3.8) is 0 Å². The fourth-order valence-electron chi connectivity index (χ4n) is 2.60. The van der Waals surface area contributed by atoms with Gasteiger partial charge in [0.1, 0.15) is 11.6 Å². The maximum atomic E-state index is 14.0. The molecular weight excluding hydrogens is 336 g/mol. The molecule has 26 heavy (non-hydrogen) atoms. The second-order valence-electron chi connectivity index (χ2n) is 7.46. The summed E-state index contributed by atoms with van der Waals surface area (Å²) in [5.41, 5.74) is 1.11. The number of rotatable bonds is 8. The van der Waals surface area contributed by atoms with Gasteiger partial charge in [0.15, 0.2) is 0 Å². The smallest absolute Gasteiger partial charge is 0.127 e. The van der Waals surface area contributed by atoms with Crippen LogP contribution in [0.2, 0.25) is 0 Å². The first-order valence-electron chi connectivity index (χ1n) is 8.75. The largest absolute Gasteiger partial charge is 0.389 e. The first kappa shape index (κ1) is 20.5. The standard InChI is InChI=1S/C21H27F2NO2/c1-21(2,3)26-15-19(25)14-24(12-16-8-10-18(22)11-9-16)13-17-6-4-5-7-20(17)23/h4-11,19,25H,12-15H2,1-3H3/t19-/m1/s1. The molecule has 142 valence electrons. The SMILES string of the molecule is CC(C)(C)OC[C@H](O)CN(Cc1ccc(F)cc1)Cc1ccccc1F. The number of hydrogen-bond acceptors (Lipinski definition) is 3. The van der Waals surface area contributed by atoms with Gasteiger partial charge in [-0.2, -0.15) is 0 Å². The zero-order valence-electron chi connectivity index (χ0n) is 15.6. The van der Waals surface area contributed by atoms with E-state index in [1.54, 1.807) is 30.3 Å². The number of hydrogen-bond donors (Lipinski definition) is 1. The van der Waals surface area contributed by atoms with E-state index in [-0.39, 0.29) is 23.8 Å². The highest BCUT2D eigenvalue weighted by Crippen LogP contribution is 2.15. The molecule has 5 heteroatoms. The minimum Gasteiger partial charge on any atom is -0.389 e. The maximum Gasteiger partial charge on any atom is 0.127 e. The first-order valence-corrected chi connectivity index (χ1v) is 8.75. The Bertz CT molecular complexity index is 683. The van der Waals surface area contributed by atoms with E-state index in [1.165, 1.54) is 18.2 Å². The molecule has 0 saturated carbocycles. The highest BCUT2D eigenvalue weighted by molar-refractivity contribution is 5.19. The van der Waals surface area contributed by atoms with Crippen molar-refractivity contribution in [1.29, 1.82) is 0 Å². The summed E-state index contributed by atoms with van der Waals surface area (Å²) in [7, 11) is 0. The van der Waals surface area contributed by atoms with Gasteiger partial charge in [0.2, 0.25) is 0 Å². The van der Waals surface area contributed by atoms with Gasteiger partial charge < -0.3 is 9.84 Å². The molecule has 0 radical (unpaired) electrons. The van der Waals surface area contributed by atoms with Crippen molar-refractivity contribution in [2.45, 2.75) is 45.6 Å². The van der Waals surface area contributed by atoms with Crippen molar-refractivity contribution in [3.05, 3.63) is 71.3 Å². The van der Waals surface area contributed by atoms with Crippen LogP contribution in [0.15, 0.2) is 48.5 Å². The Morgan fingerprint density at radius 1 is 1.00 bits per heavy atom. The van der Waals surface area contributed by atoms with E-state index in [4.69, 9.17) is 4.74 Å². The van der Waals surface area contributed by atoms with Gasteiger partial charge in [-0.3, -0.25) is 4.90 Å². The maximum absolute atomic E-state index is 14.0. The monoisotopic (exact) mass is 363 g/mol. The van der Waals surface area contributed by atoms with E-state index in [9.17, 15) is 13.9 Å². The Kier molecular flexibility index (Phi) is 7.26. The average Bonchev–Trinajstić information content (AvgIpc) is 2.56. The summed E-state index contributed by atoms with van der Waals surface area (Å²) in [5.74, 6) is -0.579. The van der Waals surface area contributed by atoms with Crippen LogP contribution in [0, 0.1) is 11.6 Å². The van der Waals surface area contributed by atoms with Crippen LogP contribution in [0.25, 0.3) is 0 Å². The van der Waals surface area contributed by atoms with Gasteiger partial charge in [-0.25, -0.2) is 8.78 Å². The lowest BCUT2D eigenvalue weighted by Gasteiger charge is -2.27. The van der Waals surface area contributed by atoms with E-state index in [0.717, 1.165) is 5.56 Å². The molecule has 0 aliphatic carbocycles. The number of aliphatic hydroxyl groups excluding tert-OH is 1. The van der Waals surface area contributed by atoms with Crippen LogP contribution >= 0.6 is 0 Å². The van der Waals surface area contributed by atoms with Crippen molar-refractivity contribution >= 4 is 0 Å². The third-order valence-corrected chi connectivity index (χ3v) is 3.85. The van der Waals surface area contributed by atoms with Crippen molar-refractivity contribution in [1.82, 2.24) is 4.90 Å². The third kappa shape index (κ3) is 7.20. The van der Waals surface area contributed by atoms with Crippen molar-refractivity contribution in [3.8, 4) is 0 Å². The van der Waals surface area contributed by atoms with Crippen LogP contribution in [0.4, 0.5) is 8.78 Å². The van der Waals surface area contributed by atoms with Crippen molar-refractivity contribution in [2.75, 3.05) is 13.2 Å². The fourth-order valence-corrected chi connectivity index (χ4v) is 2.60. The lowest BCUT2D eigenvalue weighted by molar-refractivity contribution is -0.0573. The summed E-state index contributed by atoms with van der Waals surface area (Å²) in [6.45, 7) is 7.11. The molecule has 1 atom stereocenters. The van der Waals surface area contributed by atoms with Crippen LogP contribution in [0.1, 0.15) is 31.9 Å². The molecule has 0 unspecified atom stereocenters. The predicted molar refractivity (Wildman–Crippen MR) is 98.6 cm³/mol. The van der Waals surface area contributed by atoms with Gasteiger partial charge in [0.25, 0.3) is 0 Å². The second-order valence-corrected chi connectivity index (χ2v) is 7.46. The van der Waals surface area contributed by atoms with Gasteiger partial charge in [-0.1, -0.05) is 30.3 Å². The van der Waals surface area contributed by atoms with E-state index in [2.05, 4.69) is 0 Å². The fraction of sp³-hybridized carbons (Fsp3) is 0.429. The molecular formula is C21H27F2NO2. The molecule has 0 fully saturated rings. The number of ether oxygens (including phenoxy) is 1. The molecule has 0 heterocycles. The van der Waals surface area contributed by atoms with Crippen molar-refractivity contribution in [2.24, 2.45) is 0 Å². The Morgan fingerprint density at radius 2 is 1.65 bits per heavy atom. The van der Waals surface area contributed by atoms with Crippen LogP contribution in [0.3, 0.4) is 0 Å². The number of nitrogens with zero attached hydrogens (tertiary/aromatic N) is 1. The molecule has 0 bridgehead atoms. The summed E-state index contributed by atoms with van der Waals surface area (Å²) < 4.78 is 32.8. The molecule has 0 aromatic heterocycles. The van der Waals surface area contributed by atoms with Gasteiger partial charge in [0.05, 0.1) is 18.3 Å². The summed E-state index contributed by atoms with van der Waals surface area (Å²) >= 11 is 0. The zero-order valence-corrected chi connectivity index (χ0v) is 15.6. The summed E-state index contributed by atoms with van der Waals surface area (Å²) in [4.78, 5) is 1.93. The molecule has 2 aromatic carbocycles. The highest BCUT2D eigenvalue weighted by atomic mass is 19.1. The number of benzene rings is 2. The molecule has 3 nitrogen and oxygen atoms in total. The molecule has 0 saturated heterocycles. The molecule has 1 N–H and O–H groups in total. The molecule has 0 aliphatic heterocycles. The van der Waals surface area contributed by atoms with Crippen LogP contribution < -0.4 is 0 Å². The zero-order chi connectivity index (χ0) is 19.2. The quantitative estimate of drug-likeness (QED) is 0.765. The Morgan fingerprint density at radius 3 is 2.27 bits per heavy atom.